The molecule has 0 radical (unpaired) electrons. The van der Waals surface area contributed by atoms with E-state index in [2.05, 4.69) is 41.5 Å². The monoisotopic (exact) mass is 226 g/mol. The second kappa shape index (κ2) is 4.46. The first-order valence-electron chi connectivity index (χ1n) is 6.40. The van der Waals surface area contributed by atoms with E-state index in [0.29, 0.717) is 0 Å². The minimum absolute atomic E-state index is 0.731. The van der Waals surface area contributed by atoms with Gasteiger partial charge in [0, 0.05) is 17.3 Å². The Labute approximate surface area is 102 Å². The van der Waals surface area contributed by atoms with Gasteiger partial charge in [0.1, 0.15) is 0 Å². The first-order chi connectivity index (χ1) is 8.34. The van der Waals surface area contributed by atoms with Crippen LogP contribution in [-0.2, 0) is 0 Å². The molecule has 0 bridgehead atoms. The summed E-state index contributed by atoms with van der Waals surface area (Å²) in [4.78, 5) is 4.34. The van der Waals surface area contributed by atoms with Gasteiger partial charge in [0.05, 0.1) is 0 Å². The van der Waals surface area contributed by atoms with Gasteiger partial charge in [-0.1, -0.05) is 18.2 Å². The van der Waals surface area contributed by atoms with Crippen LogP contribution >= 0.6 is 0 Å². The molecule has 0 amide bonds. The van der Waals surface area contributed by atoms with Crippen LogP contribution in [0, 0.1) is 6.92 Å². The van der Waals surface area contributed by atoms with Crippen LogP contribution < -0.4 is 5.32 Å². The molecule has 17 heavy (non-hydrogen) atoms. The maximum atomic E-state index is 4.34. The Morgan fingerprint density at radius 3 is 2.82 bits per heavy atom. The van der Waals surface area contributed by atoms with E-state index >= 15 is 0 Å². The third-order valence-corrected chi connectivity index (χ3v) is 3.80. The van der Waals surface area contributed by atoms with Crippen molar-refractivity contribution in [1.29, 1.82) is 0 Å². The highest BCUT2D eigenvalue weighted by atomic mass is 14.9. The second-order valence-corrected chi connectivity index (χ2v) is 4.90. The topological polar surface area (TPSA) is 24.9 Å². The first kappa shape index (κ1) is 10.7. The normalized spacial score (nSPS) is 17.5. The van der Waals surface area contributed by atoms with Crippen LogP contribution in [-0.4, -0.2) is 18.1 Å². The fraction of sp³-hybridized carbons (Fsp3) is 0.400. The van der Waals surface area contributed by atoms with Gasteiger partial charge in [-0.3, -0.25) is 4.98 Å². The third kappa shape index (κ3) is 2.05. The SMILES string of the molecule is Cc1nccc2cc(C3CCNCC3)ccc12. The number of piperidine rings is 1. The van der Waals surface area contributed by atoms with Crippen molar-refractivity contribution in [3.63, 3.8) is 0 Å². The lowest BCUT2D eigenvalue weighted by Gasteiger charge is -2.23. The molecule has 2 heterocycles. The molecule has 3 rings (SSSR count). The molecule has 2 aromatic rings. The van der Waals surface area contributed by atoms with Crippen molar-refractivity contribution in [1.82, 2.24) is 10.3 Å². The van der Waals surface area contributed by atoms with Crippen LogP contribution in [0.15, 0.2) is 30.5 Å². The summed E-state index contributed by atoms with van der Waals surface area (Å²) in [6.45, 7) is 4.38. The second-order valence-electron chi connectivity index (χ2n) is 4.90. The Morgan fingerprint density at radius 2 is 2.00 bits per heavy atom. The summed E-state index contributed by atoms with van der Waals surface area (Å²) in [5.74, 6) is 0.731. The highest BCUT2D eigenvalue weighted by Gasteiger charge is 2.15. The highest BCUT2D eigenvalue weighted by Crippen LogP contribution is 2.28. The summed E-state index contributed by atoms with van der Waals surface area (Å²) in [5, 5.41) is 6.03. The summed E-state index contributed by atoms with van der Waals surface area (Å²) in [6, 6.07) is 8.98. The molecule has 0 aliphatic carbocycles. The van der Waals surface area contributed by atoms with Crippen molar-refractivity contribution in [3.05, 3.63) is 41.7 Å². The Kier molecular flexibility index (Phi) is 2.81. The lowest BCUT2D eigenvalue weighted by molar-refractivity contribution is 0.460. The van der Waals surface area contributed by atoms with E-state index < -0.39 is 0 Å². The summed E-state index contributed by atoms with van der Waals surface area (Å²) >= 11 is 0. The fourth-order valence-electron chi connectivity index (χ4n) is 2.76. The molecule has 0 spiro atoms. The van der Waals surface area contributed by atoms with Crippen molar-refractivity contribution >= 4 is 10.8 Å². The summed E-state index contributed by atoms with van der Waals surface area (Å²) in [5.41, 5.74) is 2.61. The molecule has 1 aliphatic rings. The van der Waals surface area contributed by atoms with E-state index in [9.17, 15) is 0 Å². The molecular formula is C15H18N2. The predicted octanol–water partition coefficient (Wildman–Crippen LogP) is 3.01. The van der Waals surface area contributed by atoms with Gasteiger partial charge in [-0.05, 0) is 55.8 Å². The highest BCUT2D eigenvalue weighted by molar-refractivity contribution is 5.84. The number of benzene rings is 1. The van der Waals surface area contributed by atoms with Crippen LogP contribution in [0.5, 0.6) is 0 Å². The molecule has 2 heteroatoms. The smallest absolute Gasteiger partial charge is 0.0450 e. The summed E-state index contributed by atoms with van der Waals surface area (Å²) in [7, 11) is 0. The van der Waals surface area contributed by atoms with Crippen LogP contribution in [0.25, 0.3) is 10.8 Å². The van der Waals surface area contributed by atoms with Crippen LogP contribution in [0.1, 0.15) is 30.0 Å². The lowest BCUT2D eigenvalue weighted by atomic mass is 9.89. The van der Waals surface area contributed by atoms with Crippen LogP contribution in [0.3, 0.4) is 0 Å². The van der Waals surface area contributed by atoms with Gasteiger partial charge in [0.25, 0.3) is 0 Å². The van der Waals surface area contributed by atoms with E-state index in [1.807, 2.05) is 6.20 Å². The number of hydrogen-bond acceptors (Lipinski definition) is 2. The predicted molar refractivity (Wildman–Crippen MR) is 71.3 cm³/mol. The molecular weight excluding hydrogens is 208 g/mol. The maximum Gasteiger partial charge on any atom is 0.0450 e. The van der Waals surface area contributed by atoms with E-state index in [0.717, 1.165) is 24.7 Å². The Balaban J connectivity index is 2.01. The summed E-state index contributed by atoms with van der Waals surface area (Å²) in [6.07, 6.45) is 4.43. The van der Waals surface area contributed by atoms with Gasteiger partial charge in [-0.15, -0.1) is 0 Å². The average Bonchev–Trinajstić information content (AvgIpc) is 2.40. The molecule has 88 valence electrons. The number of pyridine rings is 1. The molecule has 1 saturated heterocycles. The van der Waals surface area contributed by atoms with Crippen molar-refractivity contribution in [3.8, 4) is 0 Å². The molecule has 0 atom stereocenters. The number of nitrogens with zero attached hydrogens (tertiary/aromatic N) is 1. The van der Waals surface area contributed by atoms with E-state index in [-0.39, 0.29) is 0 Å². The molecule has 1 aromatic heterocycles. The Morgan fingerprint density at radius 1 is 1.18 bits per heavy atom. The van der Waals surface area contributed by atoms with Crippen molar-refractivity contribution < 1.29 is 0 Å². The largest absolute Gasteiger partial charge is 0.317 e. The molecule has 0 unspecified atom stereocenters. The molecule has 2 nitrogen and oxygen atoms in total. The van der Waals surface area contributed by atoms with E-state index in [4.69, 9.17) is 0 Å². The van der Waals surface area contributed by atoms with E-state index in [1.165, 1.54) is 29.2 Å². The first-order valence-corrected chi connectivity index (χ1v) is 6.40. The number of aryl methyl sites for hydroxylation is 1. The number of rotatable bonds is 1. The average molecular weight is 226 g/mol. The standard InChI is InChI=1S/C15H18N2/c1-11-15-3-2-13(10-14(15)6-9-17-11)12-4-7-16-8-5-12/h2-3,6,9-10,12,16H,4-5,7-8H2,1H3. The zero-order valence-electron chi connectivity index (χ0n) is 10.2. The van der Waals surface area contributed by atoms with Gasteiger partial charge >= 0.3 is 0 Å². The van der Waals surface area contributed by atoms with Gasteiger partial charge in [0.2, 0.25) is 0 Å². The van der Waals surface area contributed by atoms with Crippen LogP contribution in [0.4, 0.5) is 0 Å². The zero-order chi connectivity index (χ0) is 11.7. The van der Waals surface area contributed by atoms with Gasteiger partial charge < -0.3 is 5.32 Å². The van der Waals surface area contributed by atoms with Gasteiger partial charge in [-0.25, -0.2) is 0 Å². The third-order valence-electron chi connectivity index (χ3n) is 3.80. The summed E-state index contributed by atoms with van der Waals surface area (Å²) < 4.78 is 0. The minimum atomic E-state index is 0.731. The molecule has 1 aromatic carbocycles. The maximum absolute atomic E-state index is 4.34. The molecule has 1 N–H and O–H groups in total. The van der Waals surface area contributed by atoms with Crippen molar-refractivity contribution in [2.45, 2.75) is 25.7 Å². The van der Waals surface area contributed by atoms with Crippen molar-refractivity contribution in [2.24, 2.45) is 0 Å². The van der Waals surface area contributed by atoms with Crippen molar-refractivity contribution in [2.75, 3.05) is 13.1 Å². The van der Waals surface area contributed by atoms with Gasteiger partial charge in [-0.2, -0.15) is 0 Å². The zero-order valence-corrected chi connectivity index (χ0v) is 10.2. The minimum Gasteiger partial charge on any atom is -0.317 e. The Hall–Kier alpha value is -1.41. The van der Waals surface area contributed by atoms with Gasteiger partial charge in [0.15, 0.2) is 0 Å². The number of nitrogens with one attached hydrogen (secondary N) is 1. The molecule has 0 saturated carbocycles. The van der Waals surface area contributed by atoms with E-state index in [1.54, 1.807) is 0 Å². The number of hydrogen-bond donors (Lipinski definition) is 1. The fourth-order valence-corrected chi connectivity index (χ4v) is 2.76. The number of fused-ring (bicyclic) bond motifs is 1. The quantitative estimate of drug-likeness (QED) is 0.808. The Bertz CT molecular complexity index is 527. The molecule has 1 aliphatic heterocycles. The number of aromatic nitrogens is 1. The molecule has 1 fully saturated rings. The van der Waals surface area contributed by atoms with Crippen LogP contribution in [0.2, 0.25) is 0 Å². The lowest BCUT2D eigenvalue weighted by Crippen LogP contribution is -2.26.